The molecule has 4 aromatic rings. The summed E-state index contributed by atoms with van der Waals surface area (Å²) in [6, 6.07) is 13.6. The van der Waals surface area contributed by atoms with E-state index in [1.165, 1.54) is 6.92 Å². The zero-order chi connectivity index (χ0) is 20.9. The summed E-state index contributed by atoms with van der Waals surface area (Å²) < 4.78 is 0. The van der Waals surface area contributed by atoms with Gasteiger partial charge < -0.3 is 10.6 Å². The molecule has 3 aromatic heterocycles. The van der Waals surface area contributed by atoms with Crippen molar-refractivity contribution in [3.8, 4) is 21.1 Å². The molecule has 1 aromatic carbocycles. The van der Waals surface area contributed by atoms with Crippen molar-refractivity contribution in [2.75, 3.05) is 5.32 Å². The highest BCUT2D eigenvalue weighted by Gasteiger charge is 2.13. The van der Waals surface area contributed by atoms with Gasteiger partial charge in [-0.25, -0.2) is 15.0 Å². The van der Waals surface area contributed by atoms with Crippen LogP contribution < -0.4 is 10.6 Å². The van der Waals surface area contributed by atoms with E-state index < -0.39 is 0 Å². The number of aryl methyl sites for hydroxylation is 1. The second kappa shape index (κ2) is 8.79. The monoisotopic (exact) mass is 416 g/mol. The first kappa shape index (κ1) is 19.7. The molecule has 0 aliphatic rings. The van der Waals surface area contributed by atoms with Crippen molar-refractivity contribution < 1.29 is 4.79 Å². The number of carbonyl (C=O) groups is 1. The number of rotatable bonds is 6. The second-order valence-electron chi connectivity index (χ2n) is 6.68. The van der Waals surface area contributed by atoms with Gasteiger partial charge in [0.05, 0.1) is 16.3 Å². The van der Waals surface area contributed by atoms with Crippen molar-refractivity contribution in [1.82, 2.24) is 25.3 Å². The fraction of sp³-hybridized carbons (Fsp3) is 0.136. The SMILES string of the molecule is CC(=O)NCc1cccc(Nc2nccc(-c3sc(-c4cccnc4)nc3C)n2)c1. The molecule has 8 heteroatoms. The number of hydrogen-bond donors (Lipinski definition) is 2. The van der Waals surface area contributed by atoms with E-state index in [0.29, 0.717) is 12.5 Å². The van der Waals surface area contributed by atoms with Crippen LogP contribution >= 0.6 is 11.3 Å². The zero-order valence-corrected chi connectivity index (χ0v) is 17.4. The smallest absolute Gasteiger partial charge is 0.227 e. The van der Waals surface area contributed by atoms with Crippen molar-refractivity contribution in [1.29, 1.82) is 0 Å². The van der Waals surface area contributed by atoms with Crippen LogP contribution in [0.5, 0.6) is 0 Å². The van der Waals surface area contributed by atoms with Crippen LogP contribution in [0.1, 0.15) is 18.2 Å². The largest absolute Gasteiger partial charge is 0.352 e. The number of benzene rings is 1. The molecule has 4 rings (SSSR count). The van der Waals surface area contributed by atoms with Crippen molar-refractivity contribution in [2.24, 2.45) is 0 Å². The lowest BCUT2D eigenvalue weighted by molar-refractivity contribution is -0.119. The number of carbonyl (C=O) groups excluding carboxylic acids is 1. The number of nitrogens with zero attached hydrogens (tertiary/aromatic N) is 4. The van der Waals surface area contributed by atoms with Gasteiger partial charge in [0.1, 0.15) is 5.01 Å². The van der Waals surface area contributed by atoms with Crippen molar-refractivity contribution >= 4 is 28.9 Å². The first-order chi connectivity index (χ1) is 14.6. The lowest BCUT2D eigenvalue weighted by atomic mass is 10.2. The van der Waals surface area contributed by atoms with Gasteiger partial charge in [-0.1, -0.05) is 12.1 Å². The Labute approximate surface area is 178 Å². The Morgan fingerprint density at radius 2 is 2.00 bits per heavy atom. The van der Waals surface area contributed by atoms with Gasteiger partial charge in [0.15, 0.2) is 0 Å². The summed E-state index contributed by atoms with van der Waals surface area (Å²) in [5.41, 5.74) is 4.56. The van der Waals surface area contributed by atoms with E-state index in [9.17, 15) is 4.79 Å². The molecule has 0 spiro atoms. The number of pyridine rings is 1. The Bertz CT molecular complexity index is 1180. The molecule has 0 unspecified atom stereocenters. The maximum Gasteiger partial charge on any atom is 0.227 e. The molecule has 0 saturated heterocycles. The second-order valence-corrected chi connectivity index (χ2v) is 7.67. The summed E-state index contributed by atoms with van der Waals surface area (Å²) in [7, 11) is 0. The van der Waals surface area contributed by atoms with Gasteiger partial charge in [-0.05, 0) is 42.8 Å². The predicted octanol–water partition coefficient (Wildman–Crippen LogP) is 4.35. The first-order valence-electron chi connectivity index (χ1n) is 9.40. The van der Waals surface area contributed by atoms with Crippen LogP contribution in [0, 0.1) is 6.92 Å². The summed E-state index contributed by atoms with van der Waals surface area (Å²) >= 11 is 1.58. The van der Waals surface area contributed by atoms with Crippen molar-refractivity contribution in [3.63, 3.8) is 0 Å². The molecule has 30 heavy (non-hydrogen) atoms. The molecule has 0 bridgehead atoms. The quantitative estimate of drug-likeness (QED) is 0.485. The van der Waals surface area contributed by atoms with Crippen LogP contribution in [0.2, 0.25) is 0 Å². The van der Waals surface area contributed by atoms with Gasteiger partial charge in [0, 0.05) is 43.3 Å². The molecule has 7 nitrogen and oxygen atoms in total. The van der Waals surface area contributed by atoms with Gasteiger partial charge in [0.25, 0.3) is 0 Å². The van der Waals surface area contributed by atoms with E-state index in [4.69, 9.17) is 0 Å². The number of aromatic nitrogens is 4. The highest BCUT2D eigenvalue weighted by molar-refractivity contribution is 7.18. The number of amides is 1. The standard InChI is InChI=1S/C22H20N6OS/c1-14-20(30-21(26-14)17-6-4-9-23-13-17)19-8-10-24-22(28-19)27-18-7-3-5-16(11-18)12-25-15(2)29/h3-11,13H,12H2,1-2H3,(H,25,29)(H,24,27,28). The molecule has 0 atom stereocenters. The van der Waals surface area contributed by atoms with Gasteiger partial charge in [-0.3, -0.25) is 9.78 Å². The van der Waals surface area contributed by atoms with Gasteiger partial charge in [-0.15, -0.1) is 11.3 Å². The molecule has 0 aliphatic carbocycles. The summed E-state index contributed by atoms with van der Waals surface area (Å²) in [5.74, 6) is 0.440. The number of anilines is 2. The Hall–Kier alpha value is -3.65. The highest BCUT2D eigenvalue weighted by Crippen LogP contribution is 2.34. The minimum Gasteiger partial charge on any atom is -0.352 e. The Morgan fingerprint density at radius 1 is 1.10 bits per heavy atom. The van der Waals surface area contributed by atoms with E-state index in [-0.39, 0.29) is 5.91 Å². The predicted molar refractivity (Wildman–Crippen MR) is 118 cm³/mol. The van der Waals surface area contributed by atoms with Crippen LogP contribution in [-0.4, -0.2) is 25.8 Å². The van der Waals surface area contributed by atoms with Crippen LogP contribution in [-0.2, 0) is 11.3 Å². The fourth-order valence-corrected chi connectivity index (χ4v) is 3.93. The van der Waals surface area contributed by atoms with E-state index in [0.717, 1.165) is 38.1 Å². The molecule has 0 saturated carbocycles. The molecule has 2 N–H and O–H groups in total. The summed E-state index contributed by atoms with van der Waals surface area (Å²) in [5, 5.41) is 6.95. The minimum absolute atomic E-state index is 0.0602. The average molecular weight is 417 g/mol. The van der Waals surface area contributed by atoms with Crippen molar-refractivity contribution in [2.45, 2.75) is 20.4 Å². The Balaban J connectivity index is 1.56. The number of nitrogens with one attached hydrogen (secondary N) is 2. The Morgan fingerprint density at radius 3 is 2.80 bits per heavy atom. The maximum absolute atomic E-state index is 11.1. The molecular formula is C22H20N6OS. The van der Waals surface area contributed by atoms with E-state index in [2.05, 4.69) is 30.6 Å². The molecule has 150 valence electrons. The molecule has 1 amide bonds. The average Bonchev–Trinajstić information content (AvgIpc) is 3.15. The summed E-state index contributed by atoms with van der Waals surface area (Å²) in [6.07, 6.45) is 5.29. The number of thiazole rings is 1. The normalized spacial score (nSPS) is 10.6. The maximum atomic E-state index is 11.1. The lowest BCUT2D eigenvalue weighted by Gasteiger charge is -2.08. The van der Waals surface area contributed by atoms with E-state index in [1.54, 1.807) is 23.7 Å². The molecule has 0 fully saturated rings. The van der Waals surface area contributed by atoms with Crippen molar-refractivity contribution in [3.05, 3.63) is 72.3 Å². The fourth-order valence-electron chi connectivity index (χ4n) is 2.91. The molecule has 3 heterocycles. The minimum atomic E-state index is -0.0602. The van der Waals surface area contributed by atoms with E-state index >= 15 is 0 Å². The van der Waals surface area contributed by atoms with Crippen LogP contribution in [0.25, 0.3) is 21.1 Å². The van der Waals surface area contributed by atoms with Crippen LogP contribution in [0.15, 0.2) is 61.1 Å². The number of hydrogen-bond acceptors (Lipinski definition) is 7. The Kier molecular flexibility index (Phi) is 5.76. The van der Waals surface area contributed by atoms with E-state index in [1.807, 2.05) is 55.6 Å². The lowest BCUT2D eigenvalue weighted by Crippen LogP contribution is -2.18. The third-order valence-corrected chi connectivity index (χ3v) is 5.55. The highest BCUT2D eigenvalue weighted by atomic mass is 32.1. The van der Waals surface area contributed by atoms with Gasteiger partial charge in [-0.2, -0.15) is 0 Å². The first-order valence-corrected chi connectivity index (χ1v) is 10.2. The third-order valence-electron chi connectivity index (χ3n) is 4.32. The zero-order valence-electron chi connectivity index (χ0n) is 16.6. The van der Waals surface area contributed by atoms with Gasteiger partial charge >= 0.3 is 0 Å². The van der Waals surface area contributed by atoms with Crippen LogP contribution in [0.4, 0.5) is 11.6 Å². The summed E-state index contributed by atoms with van der Waals surface area (Å²) in [6.45, 7) is 3.96. The topological polar surface area (TPSA) is 92.7 Å². The molecule has 0 radical (unpaired) electrons. The summed E-state index contributed by atoms with van der Waals surface area (Å²) in [4.78, 5) is 30.0. The van der Waals surface area contributed by atoms with Gasteiger partial charge in [0.2, 0.25) is 11.9 Å². The van der Waals surface area contributed by atoms with Crippen LogP contribution in [0.3, 0.4) is 0 Å². The molecule has 0 aliphatic heterocycles. The molecular weight excluding hydrogens is 396 g/mol. The third kappa shape index (κ3) is 4.66.